The van der Waals surface area contributed by atoms with Gasteiger partial charge in [-0.05, 0) is 18.2 Å². The minimum absolute atomic E-state index is 0.0699. The van der Waals surface area contributed by atoms with E-state index in [4.69, 9.17) is 0 Å². The van der Waals surface area contributed by atoms with Crippen molar-refractivity contribution in [3.63, 3.8) is 0 Å². The highest BCUT2D eigenvalue weighted by Gasteiger charge is 2.20. The molecule has 0 amide bonds. The van der Waals surface area contributed by atoms with E-state index in [-0.39, 0.29) is 11.3 Å². The Bertz CT molecular complexity index is 509. The number of rotatable bonds is 3. The van der Waals surface area contributed by atoms with Crippen LogP contribution in [0, 0.1) is 0 Å². The first-order valence-electron chi connectivity index (χ1n) is 4.11. The Morgan fingerprint density at radius 2 is 1.94 bits per heavy atom. The fraction of sp³-hybridized carbons (Fsp3) is 0.222. The van der Waals surface area contributed by atoms with Crippen molar-refractivity contribution in [2.45, 2.75) is 4.90 Å². The Morgan fingerprint density at radius 3 is 2.38 bits per heavy atom. The molecule has 88 valence electrons. The van der Waals surface area contributed by atoms with Crippen LogP contribution < -0.4 is 4.74 Å². The lowest BCUT2D eigenvalue weighted by atomic mass is 10.2. The van der Waals surface area contributed by atoms with Crippen LogP contribution in [0.25, 0.3) is 0 Å². The van der Waals surface area contributed by atoms with Crippen molar-refractivity contribution in [3.8, 4) is 5.75 Å². The van der Waals surface area contributed by atoms with Crippen LogP contribution in [-0.2, 0) is 15.0 Å². The molecule has 0 spiro atoms. The first-order valence-corrected chi connectivity index (χ1v) is 5.49. The second kappa shape index (κ2) is 4.48. The van der Waals surface area contributed by atoms with Crippen molar-refractivity contribution < 1.29 is 26.6 Å². The number of esters is 1. The Hall–Kier alpha value is -1.63. The van der Waals surface area contributed by atoms with Gasteiger partial charge in [-0.2, -0.15) is 8.42 Å². The normalized spacial score (nSPS) is 10.9. The molecular weight excluding hydrogens is 239 g/mol. The number of carbonyl (C=O) groups is 1. The van der Waals surface area contributed by atoms with E-state index in [2.05, 4.69) is 9.47 Å². The van der Waals surface area contributed by atoms with Crippen LogP contribution in [-0.4, -0.2) is 28.6 Å². The van der Waals surface area contributed by atoms with Crippen LogP contribution in [0.1, 0.15) is 10.4 Å². The van der Waals surface area contributed by atoms with Gasteiger partial charge in [0.05, 0.1) is 19.8 Å². The van der Waals surface area contributed by atoms with Gasteiger partial charge in [0, 0.05) is 0 Å². The molecule has 7 heteroatoms. The lowest BCUT2D eigenvalue weighted by Crippen LogP contribution is -2.04. The van der Waals surface area contributed by atoms with E-state index in [1.54, 1.807) is 0 Å². The van der Waals surface area contributed by atoms with Gasteiger partial charge >= 0.3 is 16.2 Å². The molecule has 0 aromatic heterocycles. The van der Waals surface area contributed by atoms with Gasteiger partial charge in [0.25, 0.3) is 0 Å². The van der Waals surface area contributed by atoms with E-state index in [0.29, 0.717) is 0 Å². The molecule has 1 aromatic carbocycles. The maximum absolute atomic E-state index is 12.9. The van der Waals surface area contributed by atoms with Crippen molar-refractivity contribution in [2.75, 3.05) is 14.2 Å². The van der Waals surface area contributed by atoms with Crippen molar-refractivity contribution in [3.05, 3.63) is 23.8 Å². The molecule has 16 heavy (non-hydrogen) atoms. The quantitative estimate of drug-likeness (QED) is 0.592. The fourth-order valence-electron chi connectivity index (χ4n) is 1.11. The number of halogens is 1. The molecule has 1 rings (SSSR count). The van der Waals surface area contributed by atoms with E-state index in [1.165, 1.54) is 19.2 Å². The topological polar surface area (TPSA) is 69.7 Å². The zero-order valence-corrected chi connectivity index (χ0v) is 9.38. The van der Waals surface area contributed by atoms with Gasteiger partial charge in [-0.15, -0.1) is 3.89 Å². The Balaban J connectivity index is 3.39. The Morgan fingerprint density at radius 1 is 1.31 bits per heavy atom. The summed E-state index contributed by atoms with van der Waals surface area (Å²) in [6.45, 7) is 0. The van der Waals surface area contributed by atoms with Crippen molar-refractivity contribution in [2.24, 2.45) is 0 Å². The lowest BCUT2D eigenvalue weighted by molar-refractivity contribution is 0.0600. The van der Waals surface area contributed by atoms with E-state index < -0.39 is 21.1 Å². The zero-order chi connectivity index (χ0) is 12.3. The van der Waals surface area contributed by atoms with E-state index in [0.717, 1.165) is 13.2 Å². The van der Waals surface area contributed by atoms with Gasteiger partial charge in [0.1, 0.15) is 10.6 Å². The smallest absolute Gasteiger partial charge is 0.337 e. The maximum atomic E-state index is 12.9. The highest BCUT2D eigenvalue weighted by atomic mass is 32.3. The number of benzene rings is 1. The van der Waals surface area contributed by atoms with E-state index in [1.807, 2.05) is 0 Å². The van der Waals surface area contributed by atoms with Crippen LogP contribution in [0.15, 0.2) is 23.1 Å². The molecule has 0 unspecified atom stereocenters. The summed E-state index contributed by atoms with van der Waals surface area (Å²) in [5, 5.41) is 0. The Labute approximate surface area is 92.0 Å². The van der Waals surface area contributed by atoms with Gasteiger partial charge in [-0.3, -0.25) is 0 Å². The molecule has 0 N–H and O–H groups in total. The summed E-state index contributed by atoms with van der Waals surface area (Å²) < 4.78 is 43.5. The molecule has 0 fully saturated rings. The van der Waals surface area contributed by atoms with E-state index in [9.17, 15) is 17.1 Å². The minimum Gasteiger partial charge on any atom is -0.495 e. The molecule has 0 atom stereocenters. The summed E-state index contributed by atoms with van der Waals surface area (Å²) >= 11 is 0. The van der Waals surface area contributed by atoms with Gasteiger partial charge in [-0.25, -0.2) is 4.79 Å². The summed E-state index contributed by atoms with van der Waals surface area (Å²) in [4.78, 5) is 10.4. The number of hydrogen-bond donors (Lipinski definition) is 0. The molecule has 0 radical (unpaired) electrons. The lowest BCUT2D eigenvalue weighted by Gasteiger charge is -2.06. The Kier molecular flexibility index (Phi) is 3.48. The van der Waals surface area contributed by atoms with Crippen LogP contribution in [0.4, 0.5) is 3.89 Å². The predicted octanol–water partition coefficient (Wildman–Crippen LogP) is 1.14. The predicted molar refractivity (Wildman–Crippen MR) is 52.6 cm³/mol. The third kappa shape index (κ3) is 2.48. The second-order valence-electron chi connectivity index (χ2n) is 2.80. The highest BCUT2D eigenvalue weighted by molar-refractivity contribution is 7.86. The van der Waals surface area contributed by atoms with Crippen LogP contribution in [0.3, 0.4) is 0 Å². The summed E-state index contributed by atoms with van der Waals surface area (Å²) in [7, 11) is -2.61. The van der Waals surface area contributed by atoms with Crippen molar-refractivity contribution >= 4 is 16.2 Å². The molecular formula is C9H9FO5S. The first kappa shape index (κ1) is 12.4. The van der Waals surface area contributed by atoms with Crippen molar-refractivity contribution in [1.82, 2.24) is 0 Å². The molecule has 0 aliphatic carbocycles. The molecule has 0 bridgehead atoms. The van der Waals surface area contributed by atoms with Gasteiger partial charge in [0.2, 0.25) is 0 Å². The molecule has 5 nitrogen and oxygen atoms in total. The summed E-state index contributed by atoms with van der Waals surface area (Å²) in [5.41, 5.74) is -0.0699. The van der Waals surface area contributed by atoms with Crippen LogP contribution in [0.2, 0.25) is 0 Å². The summed E-state index contributed by atoms with van der Waals surface area (Å²) in [6, 6.07) is 3.32. The largest absolute Gasteiger partial charge is 0.495 e. The monoisotopic (exact) mass is 248 g/mol. The zero-order valence-electron chi connectivity index (χ0n) is 8.56. The third-order valence-electron chi connectivity index (χ3n) is 1.85. The number of hydrogen-bond acceptors (Lipinski definition) is 5. The summed E-state index contributed by atoms with van der Waals surface area (Å²) in [6.07, 6.45) is 0. The van der Waals surface area contributed by atoms with Gasteiger partial charge < -0.3 is 9.47 Å². The molecule has 0 saturated carbocycles. The average molecular weight is 248 g/mol. The molecule has 0 heterocycles. The molecule has 0 aliphatic heterocycles. The molecule has 1 aromatic rings. The highest BCUT2D eigenvalue weighted by Crippen LogP contribution is 2.26. The van der Waals surface area contributed by atoms with Gasteiger partial charge in [-0.1, -0.05) is 0 Å². The molecule has 0 saturated heterocycles. The number of ether oxygens (including phenoxy) is 2. The minimum atomic E-state index is -4.94. The fourth-order valence-corrected chi connectivity index (χ4v) is 1.77. The van der Waals surface area contributed by atoms with E-state index >= 15 is 0 Å². The molecule has 0 aliphatic rings. The van der Waals surface area contributed by atoms with Crippen LogP contribution >= 0.6 is 0 Å². The second-order valence-corrected chi connectivity index (χ2v) is 4.11. The van der Waals surface area contributed by atoms with Crippen LogP contribution in [0.5, 0.6) is 5.75 Å². The first-order chi connectivity index (χ1) is 7.40. The average Bonchev–Trinajstić information content (AvgIpc) is 2.26. The SMILES string of the molecule is COC(=O)c1ccc(OC)c(S(=O)(=O)F)c1. The number of carbonyl (C=O) groups excluding carboxylic acids is 1. The van der Waals surface area contributed by atoms with Crippen molar-refractivity contribution in [1.29, 1.82) is 0 Å². The number of methoxy groups -OCH3 is 2. The maximum Gasteiger partial charge on any atom is 0.337 e. The standard InChI is InChI=1S/C9H9FO5S/c1-14-7-4-3-6(9(11)15-2)5-8(7)16(10,12)13/h3-5H,1-2H3. The van der Waals surface area contributed by atoms with Gasteiger partial charge in [0.15, 0.2) is 0 Å². The third-order valence-corrected chi connectivity index (χ3v) is 2.69. The summed E-state index contributed by atoms with van der Waals surface area (Å²) in [5.74, 6) is -0.928.